The van der Waals surface area contributed by atoms with E-state index in [0.29, 0.717) is 15.8 Å². The summed E-state index contributed by atoms with van der Waals surface area (Å²) in [5, 5.41) is 10.4. The number of hydrogen-bond acceptors (Lipinski definition) is 7. The topological polar surface area (TPSA) is 74.6 Å². The van der Waals surface area contributed by atoms with Crippen molar-refractivity contribution in [2.45, 2.75) is 0 Å². The molecule has 30 heavy (non-hydrogen) atoms. The highest BCUT2D eigenvalue weighted by Crippen LogP contribution is 2.35. The number of carbonyl (C=O) groups is 1. The lowest BCUT2D eigenvalue weighted by Gasteiger charge is -2.28. The molecule has 2 aliphatic rings. The molecule has 0 bridgehead atoms. The van der Waals surface area contributed by atoms with Crippen molar-refractivity contribution in [2.75, 3.05) is 45.4 Å². The van der Waals surface area contributed by atoms with Crippen LogP contribution in [-0.2, 0) is 9.53 Å². The number of methoxy groups -OCH3 is 1. The van der Waals surface area contributed by atoms with Gasteiger partial charge in [0.15, 0.2) is 16.7 Å². The smallest absolute Gasteiger partial charge is 0.266 e. The Hall–Kier alpha value is -2.97. The Morgan fingerprint density at radius 1 is 1.17 bits per heavy atom. The van der Waals surface area contributed by atoms with Gasteiger partial charge in [0.05, 0.1) is 30.9 Å². The zero-order valence-corrected chi connectivity index (χ0v) is 17.7. The van der Waals surface area contributed by atoms with Gasteiger partial charge in [-0.1, -0.05) is 6.07 Å². The van der Waals surface area contributed by atoms with Gasteiger partial charge in [0, 0.05) is 25.8 Å². The van der Waals surface area contributed by atoms with Crippen molar-refractivity contribution in [2.24, 2.45) is 4.99 Å². The number of phenolic OH excluding ortho intramolecular Hbond substituents is 1. The summed E-state index contributed by atoms with van der Waals surface area (Å²) in [6, 6.07) is 13.0. The SMILES string of the molecule is COc1cc(/C=C2\SC(=Nc3ccc(N4CCOCC4)cc3)N(C)C2=O)ccc1O. The molecule has 0 spiro atoms. The summed E-state index contributed by atoms with van der Waals surface area (Å²) in [7, 11) is 3.21. The maximum atomic E-state index is 12.6. The van der Waals surface area contributed by atoms with Crippen molar-refractivity contribution in [1.29, 1.82) is 0 Å². The fourth-order valence-corrected chi connectivity index (χ4v) is 4.24. The van der Waals surface area contributed by atoms with Crippen molar-refractivity contribution >= 4 is 40.3 Å². The van der Waals surface area contributed by atoms with Crippen LogP contribution in [0.25, 0.3) is 6.08 Å². The lowest BCUT2D eigenvalue weighted by atomic mass is 10.2. The number of thioether (sulfide) groups is 1. The first-order valence-electron chi connectivity index (χ1n) is 9.61. The average molecular weight is 426 g/mol. The fourth-order valence-electron chi connectivity index (χ4n) is 3.26. The van der Waals surface area contributed by atoms with Crippen molar-refractivity contribution < 1.29 is 19.4 Å². The second-order valence-corrected chi connectivity index (χ2v) is 7.93. The summed E-state index contributed by atoms with van der Waals surface area (Å²) in [6.07, 6.45) is 1.77. The van der Waals surface area contributed by atoms with E-state index in [9.17, 15) is 9.90 Å². The molecule has 2 saturated heterocycles. The van der Waals surface area contributed by atoms with Gasteiger partial charge in [-0.05, 0) is 59.8 Å². The molecule has 2 fully saturated rings. The highest BCUT2D eigenvalue weighted by atomic mass is 32.2. The number of morpholine rings is 1. The van der Waals surface area contributed by atoms with Crippen LogP contribution in [0.5, 0.6) is 11.5 Å². The van der Waals surface area contributed by atoms with E-state index in [1.807, 2.05) is 24.3 Å². The number of amides is 1. The van der Waals surface area contributed by atoms with E-state index < -0.39 is 0 Å². The molecule has 0 atom stereocenters. The third kappa shape index (κ3) is 4.29. The lowest BCUT2D eigenvalue weighted by Crippen LogP contribution is -2.36. The van der Waals surface area contributed by atoms with Crippen molar-refractivity contribution in [1.82, 2.24) is 4.90 Å². The molecule has 1 amide bonds. The number of nitrogens with zero attached hydrogens (tertiary/aromatic N) is 3. The number of carbonyl (C=O) groups excluding carboxylic acids is 1. The largest absolute Gasteiger partial charge is 0.504 e. The van der Waals surface area contributed by atoms with Crippen molar-refractivity contribution in [3.8, 4) is 11.5 Å². The van der Waals surface area contributed by atoms with Crippen LogP contribution in [0.1, 0.15) is 5.56 Å². The van der Waals surface area contributed by atoms with Gasteiger partial charge in [-0.25, -0.2) is 4.99 Å². The van der Waals surface area contributed by atoms with Gasteiger partial charge < -0.3 is 19.5 Å². The maximum absolute atomic E-state index is 12.6. The molecular formula is C22H23N3O4S. The van der Waals surface area contributed by atoms with E-state index in [1.54, 1.807) is 36.2 Å². The molecule has 156 valence electrons. The summed E-state index contributed by atoms with van der Waals surface area (Å²) < 4.78 is 10.5. The number of phenols is 1. The molecule has 4 rings (SSSR count). The number of anilines is 1. The first kappa shape index (κ1) is 20.3. The molecule has 8 heteroatoms. The molecule has 0 saturated carbocycles. The predicted octanol–water partition coefficient (Wildman–Crippen LogP) is 3.47. The van der Waals surface area contributed by atoms with Crippen LogP contribution in [-0.4, -0.2) is 61.5 Å². The quantitative estimate of drug-likeness (QED) is 0.756. The van der Waals surface area contributed by atoms with Gasteiger partial charge in [-0.2, -0.15) is 0 Å². The number of rotatable bonds is 4. The summed E-state index contributed by atoms with van der Waals surface area (Å²) in [5.41, 5.74) is 2.71. The van der Waals surface area contributed by atoms with Crippen LogP contribution >= 0.6 is 11.8 Å². The minimum atomic E-state index is -0.115. The van der Waals surface area contributed by atoms with E-state index in [1.165, 1.54) is 18.9 Å². The zero-order chi connectivity index (χ0) is 21.1. The Kier molecular flexibility index (Phi) is 5.96. The van der Waals surface area contributed by atoms with Gasteiger partial charge >= 0.3 is 0 Å². The predicted molar refractivity (Wildman–Crippen MR) is 120 cm³/mol. The minimum absolute atomic E-state index is 0.0601. The Bertz CT molecular complexity index is 998. The third-order valence-electron chi connectivity index (χ3n) is 4.96. The van der Waals surface area contributed by atoms with Crippen LogP contribution in [0.3, 0.4) is 0 Å². The van der Waals surface area contributed by atoms with Crippen molar-refractivity contribution in [3.63, 3.8) is 0 Å². The van der Waals surface area contributed by atoms with Gasteiger partial charge in [0.2, 0.25) is 0 Å². The van der Waals surface area contributed by atoms with Gasteiger partial charge in [-0.15, -0.1) is 0 Å². The molecule has 0 unspecified atom stereocenters. The van der Waals surface area contributed by atoms with Crippen LogP contribution in [0, 0.1) is 0 Å². The third-order valence-corrected chi connectivity index (χ3v) is 6.02. The van der Waals surface area contributed by atoms with E-state index in [-0.39, 0.29) is 11.7 Å². The highest BCUT2D eigenvalue weighted by molar-refractivity contribution is 8.18. The van der Waals surface area contributed by atoms with E-state index in [2.05, 4.69) is 9.89 Å². The zero-order valence-electron chi connectivity index (χ0n) is 16.9. The maximum Gasteiger partial charge on any atom is 0.266 e. The molecule has 2 heterocycles. The number of amidine groups is 1. The number of aromatic hydroxyl groups is 1. The Morgan fingerprint density at radius 2 is 1.90 bits per heavy atom. The van der Waals surface area contributed by atoms with E-state index in [4.69, 9.17) is 9.47 Å². The molecular weight excluding hydrogens is 402 g/mol. The van der Waals surface area contributed by atoms with Crippen LogP contribution in [0.4, 0.5) is 11.4 Å². The summed E-state index contributed by atoms with van der Waals surface area (Å²) >= 11 is 1.32. The standard InChI is InChI=1S/C22H23N3O4S/c1-24-21(27)20(14-15-3-8-18(26)19(13-15)28-2)30-22(24)23-16-4-6-17(7-5-16)25-9-11-29-12-10-25/h3-8,13-14,26H,9-12H2,1-2H3/b20-14-,23-22?. The molecule has 2 aliphatic heterocycles. The first-order chi connectivity index (χ1) is 14.5. The number of likely N-dealkylation sites (N-methyl/N-ethyl adjacent to an activating group) is 1. The van der Waals surface area contributed by atoms with Gasteiger partial charge in [-0.3, -0.25) is 9.69 Å². The Labute approximate surface area is 179 Å². The fraction of sp³-hybridized carbons (Fsp3) is 0.273. The Morgan fingerprint density at radius 3 is 2.60 bits per heavy atom. The molecule has 0 aliphatic carbocycles. The molecule has 0 aromatic heterocycles. The molecule has 2 aromatic rings. The Balaban J connectivity index is 1.52. The minimum Gasteiger partial charge on any atom is -0.504 e. The molecule has 2 aromatic carbocycles. The van der Waals surface area contributed by atoms with Gasteiger partial charge in [0.25, 0.3) is 5.91 Å². The number of benzene rings is 2. The number of ether oxygens (including phenoxy) is 2. The van der Waals surface area contributed by atoms with E-state index in [0.717, 1.165) is 43.2 Å². The van der Waals surface area contributed by atoms with Gasteiger partial charge in [0.1, 0.15) is 0 Å². The van der Waals surface area contributed by atoms with Crippen LogP contribution in [0.2, 0.25) is 0 Å². The highest BCUT2D eigenvalue weighted by Gasteiger charge is 2.30. The first-order valence-corrected chi connectivity index (χ1v) is 10.4. The normalized spacial score (nSPS) is 19.7. The number of hydrogen-bond donors (Lipinski definition) is 1. The van der Waals surface area contributed by atoms with Crippen LogP contribution in [0.15, 0.2) is 52.4 Å². The van der Waals surface area contributed by atoms with Crippen LogP contribution < -0.4 is 9.64 Å². The molecule has 0 radical (unpaired) electrons. The second-order valence-electron chi connectivity index (χ2n) is 6.92. The average Bonchev–Trinajstić information content (AvgIpc) is 3.04. The summed E-state index contributed by atoms with van der Waals surface area (Å²) in [5.74, 6) is 0.308. The number of aliphatic imine (C=N–C) groups is 1. The summed E-state index contributed by atoms with van der Waals surface area (Å²) in [4.78, 5) is 21.7. The summed E-state index contributed by atoms with van der Waals surface area (Å²) in [6.45, 7) is 3.26. The monoisotopic (exact) mass is 425 g/mol. The van der Waals surface area contributed by atoms with E-state index >= 15 is 0 Å². The second kappa shape index (κ2) is 8.81. The lowest BCUT2D eigenvalue weighted by molar-refractivity contribution is -0.121. The molecule has 7 nitrogen and oxygen atoms in total. The van der Waals surface area contributed by atoms with Crippen molar-refractivity contribution in [3.05, 3.63) is 52.9 Å². The molecule has 1 N–H and O–H groups in total.